The number of phosphoric ester groups is 1. The van der Waals surface area contributed by atoms with Crippen LogP contribution in [0.4, 0.5) is 5.69 Å². The summed E-state index contributed by atoms with van der Waals surface area (Å²) in [5.74, 6) is 0.221. The van der Waals surface area contributed by atoms with E-state index >= 15 is 4.57 Å². The molecular weight excluding hydrogens is 826 g/mol. The summed E-state index contributed by atoms with van der Waals surface area (Å²) in [6, 6.07) is 47.4. The van der Waals surface area contributed by atoms with Crippen molar-refractivity contribution in [2.75, 3.05) is 0 Å². The van der Waals surface area contributed by atoms with Crippen LogP contribution in [-0.2, 0) is 57.4 Å². The lowest BCUT2D eigenvalue weighted by Gasteiger charge is -2.47. The maximum absolute atomic E-state index is 15.2. The van der Waals surface area contributed by atoms with Gasteiger partial charge in [-0.3, -0.25) is 18.8 Å². The number of non-ortho nitro benzene ring substituents is 1. The summed E-state index contributed by atoms with van der Waals surface area (Å²) >= 11 is 0. The molecule has 0 unspecified atom stereocenters. The van der Waals surface area contributed by atoms with E-state index in [2.05, 4.69) is 0 Å². The number of nitro benzene ring substituents is 1. The number of phosphoric acid groups is 1. The fraction of sp³-hybridized carbons (Fsp3) is 0.200. The number of aliphatic hydroxyl groups is 1. The summed E-state index contributed by atoms with van der Waals surface area (Å²) in [6.07, 6.45) is -9.69. The normalized spacial score (nSPS) is 20.4. The van der Waals surface area contributed by atoms with Crippen molar-refractivity contribution in [3.05, 3.63) is 203 Å². The van der Waals surface area contributed by atoms with Crippen LogP contribution < -0.4 is 9.05 Å². The number of nitro groups is 1. The predicted octanol–water partition coefficient (Wildman–Crippen LogP) is 8.45. The Balaban J connectivity index is 1.36. The Hall–Kier alpha value is -5.74. The van der Waals surface area contributed by atoms with Crippen molar-refractivity contribution in [3.63, 3.8) is 0 Å². The maximum Gasteiger partial charge on any atom is 0.588 e. The second kappa shape index (κ2) is 20.2. The van der Waals surface area contributed by atoms with Crippen LogP contribution in [0.1, 0.15) is 16.7 Å². The number of rotatable bonds is 19. The lowest BCUT2D eigenvalue weighted by Crippen LogP contribution is -2.67. The zero-order chi connectivity index (χ0) is 42.7. The number of hydrogen-bond donors (Lipinski definition) is 1. The van der Waals surface area contributed by atoms with Gasteiger partial charge in [-0.2, -0.15) is 8.42 Å². The van der Waals surface area contributed by atoms with Crippen LogP contribution in [0.2, 0.25) is 0 Å². The van der Waals surface area contributed by atoms with Crippen LogP contribution in [0.25, 0.3) is 0 Å². The van der Waals surface area contributed by atoms with Crippen molar-refractivity contribution in [1.29, 1.82) is 0 Å². The molecule has 61 heavy (non-hydrogen) atoms. The number of benzene rings is 6. The SMILES string of the molecule is O=[N+]([O-])c1ccc(S(=O)(=O)O[C@@H]2[C@H](OCc3ccccc3)[C@H](OP(=O)(Oc3ccccc3)Oc3ccccc3)[C@@H](OCc3ccccc3)[C@H](O)[C@H]2OCc2ccccc2)cc1. The van der Waals surface area contributed by atoms with Gasteiger partial charge in [-0.25, -0.2) is 4.57 Å². The van der Waals surface area contributed by atoms with Crippen molar-refractivity contribution in [3.8, 4) is 11.5 Å². The van der Waals surface area contributed by atoms with Gasteiger partial charge < -0.3 is 28.4 Å². The van der Waals surface area contributed by atoms with Crippen LogP contribution in [0.3, 0.4) is 0 Å². The third-order valence-electron chi connectivity index (χ3n) is 9.57. The lowest BCUT2D eigenvalue weighted by molar-refractivity contribution is -0.384. The number of ether oxygens (including phenoxy) is 3. The first-order valence-corrected chi connectivity index (χ1v) is 22.0. The Morgan fingerprint density at radius 3 is 1.31 bits per heavy atom. The molecule has 0 aliphatic heterocycles. The van der Waals surface area contributed by atoms with Crippen LogP contribution in [-0.4, -0.2) is 55.1 Å². The van der Waals surface area contributed by atoms with Crippen molar-refractivity contribution in [2.24, 2.45) is 0 Å². The van der Waals surface area contributed by atoms with Crippen LogP contribution in [0.15, 0.2) is 181 Å². The quantitative estimate of drug-likeness (QED) is 0.0355. The summed E-state index contributed by atoms with van der Waals surface area (Å²) < 4.78 is 87.5. The third kappa shape index (κ3) is 11.6. The highest BCUT2D eigenvalue weighted by atomic mass is 32.2. The first-order valence-electron chi connectivity index (χ1n) is 19.2. The zero-order valence-corrected chi connectivity index (χ0v) is 34.2. The molecule has 0 amide bonds. The van der Waals surface area contributed by atoms with Crippen LogP contribution in [0, 0.1) is 10.1 Å². The third-order valence-corrected chi connectivity index (χ3v) is 12.3. The molecule has 1 saturated carbocycles. The number of aliphatic hydroxyl groups excluding tert-OH is 1. The molecule has 6 atom stereocenters. The van der Waals surface area contributed by atoms with Crippen molar-refractivity contribution >= 4 is 23.6 Å². The topological polar surface area (TPSA) is 179 Å². The second-order valence-corrected chi connectivity index (χ2v) is 16.9. The molecule has 0 saturated heterocycles. The van der Waals surface area contributed by atoms with E-state index in [9.17, 15) is 23.6 Å². The van der Waals surface area contributed by atoms with E-state index in [1.807, 2.05) is 42.5 Å². The molecule has 316 valence electrons. The molecule has 6 aromatic carbocycles. The molecule has 16 heteroatoms. The van der Waals surface area contributed by atoms with Gasteiger partial charge in [0.1, 0.15) is 48.1 Å². The van der Waals surface area contributed by atoms with Gasteiger partial charge in [0.05, 0.1) is 29.6 Å². The second-order valence-electron chi connectivity index (χ2n) is 13.9. The summed E-state index contributed by atoms with van der Waals surface area (Å²) in [6.45, 7) is -0.358. The minimum absolute atomic E-state index is 0.0881. The van der Waals surface area contributed by atoms with Crippen LogP contribution >= 0.6 is 7.82 Å². The van der Waals surface area contributed by atoms with Gasteiger partial charge in [-0.05, 0) is 53.1 Å². The van der Waals surface area contributed by atoms with Gasteiger partial charge in [-0.1, -0.05) is 127 Å². The van der Waals surface area contributed by atoms with Gasteiger partial charge in [0.2, 0.25) is 0 Å². The molecule has 0 bridgehead atoms. The van der Waals surface area contributed by atoms with E-state index in [0.29, 0.717) is 16.7 Å². The van der Waals surface area contributed by atoms with Gasteiger partial charge >= 0.3 is 7.82 Å². The molecular formula is C45H42NO13PS. The van der Waals surface area contributed by atoms with Gasteiger partial charge in [0, 0.05) is 12.1 Å². The summed E-state index contributed by atoms with van der Waals surface area (Å²) in [7, 11) is -9.65. The van der Waals surface area contributed by atoms with E-state index in [0.717, 1.165) is 24.3 Å². The monoisotopic (exact) mass is 867 g/mol. The maximum atomic E-state index is 15.2. The van der Waals surface area contributed by atoms with E-state index in [1.165, 1.54) is 0 Å². The average Bonchev–Trinajstić information content (AvgIpc) is 3.27. The van der Waals surface area contributed by atoms with Crippen LogP contribution in [0.5, 0.6) is 11.5 Å². The molecule has 0 aromatic heterocycles. The molecule has 1 aliphatic rings. The Morgan fingerprint density at radius 2 is 0.902 bits per heavy atom. The minimum atomic E-state index is -4.84. The van der Waals surface area contributed by atoms with E-state index in [1.54, 1.807) is 109 Å². The van der Waals surface area contributed by atoms with Crippen molar-refractivity contribution < 1.29 is 55.0 Å². The summed E-state index contributed by atoms with van der Waals surface area (Å²) in [5.41, 5.74) is 1.71. The van der Waals surface area contributed by atoms with E-state index in [4.69, 9.17) is 32.0 Å². The highest BCUT2D eigenvalue weighted by Crippen LogP contribution is 2.53. The zero-order valence-electron chi connectivity index (χ0n) is 32.5. The predicted molar refractivity (Wildman–Crippen MR) is 223 cm³/mol. The minimum Gasteiger partial charge on any atom is -0.395 e. The van der Waals surface area contributed by atoms with Gasteiger partial charge in [-0.15, -0.1) is 0 Å². The molecule has 0 heterocycles. The Labute approximate surface area is 353 Å². The molecule has 1 fully saturated rings. The molecule has 6 aromatic rings. The van der Waals surface area contributed by atoms with Crippen molar-refractivity contribution in [2.45, 2.75) is 61.3 Å². The fourth-order valence-electron chi connectivity index (χ4n) is 6.61. The summed E-state index contributed by atoms with van der Waals surface area (Å²) in [5, 5.41) is 23.9. The number of nitrogens with zero attached hydrogens (tertiary/aromatic N) is 1. The average molecular weight is 868 g/mol. The molecule has 0 radical (unpaired) electrons. The standard InChI is InChI=1S/C45H42NO13PS/c47-40-41(53-30-33-16-6-1-7-17-33)44(58-60(50,56-37-22-12-4-13-23-37)57-38-24-14-5-15-25-38)43(55-32-35-20-10-3-11-21-35)45(42(40)54-31-34-18-8-2-9-19-34)59-61(51,52)39-28-26-36(27-29-39)46(48)49/h1-29,40-45,47H,30-32H2/t40-,41-,42+,43+,44+,45-/m0/s1. The first kappa shape index (κ1) is 43.4. The Kier molecular flexibility index (Phi) is 14.4. The summed E-state index contributed by atoms with van der Waals surface area (Å²) in [4.78, 5) is 10.3. The molecule has 1 aliphatic carbocycles. The molecule has 0 spiro atoms. The molecule has 14 nitrogen and oxygen atoms in total. The van der Waals surface area contributed by atoms with E-state index in [-0.39, 0.29) is 37.0 Å². The van der Waals surface area contributed by atoms with E-state index < -0.39 is 64.4 Å². The highest BCUT2D eigenvalue weighted by Gasteiger charge is 2.58. The number of hydrogen-bond acceptors (Lipinski definition) is 13. The Morgan fingerprint density at radius 1 is 0.525 bits per heavy atom. The largest absolute Gasteiger partial charge is 0.588 e. The lowest BCUT2D eigenvalue weighted by atomic mass is 9.84. The highest BCUT2D eigenvalue weighted by molar-refractivity contribution is 7.86. The molecule has 7 rings (SSSR count). The van der Waals surface area contributed by atoms with Crippen molar-refractivity contribution in [1.82, 2.24) is 0 Å². The fourth-order valence-corrected chi connectivity index (χ4v) is 9.12. The smallest absolute Gasteiger partial charge is 0.395 e. The number of para-hydroxylation sites is 2. The first-order chi connectivity index (χ1) is 29.6. The molecule has 1 N–H and O–H groups in total. The van der Waals surface area contributed by atoms with Gasteiger partial charge in [0.15, 0.2) is 0 Å². The Bertz CT molecular complexity index is 2410. The van der Waals surface area contributed by atoms with Gasteiger partial charge in [0.25, 0.3) is 15.8 Å².